The molecule has 4 rings (SSSR count). The molecule has 0 radical (unpaired) electrons. The van der Waals surface area contributed by atoms with Crippen LogP contribution >= 0.6 is 0 Å². The molecule has 0 saturated carbocycles. The molecule has 4 aromatic carbocycles. The Hall–Kier alpha value is -3.72. The Bertz CT molecular complexity index is 1660. The van der Waals surface area contributed by atoms with Crippen molar-refractivity contribution in [2.45, 2.75) is 213 Å². The van der Waals surface area contributed by atoms with Crippen LogP contribution in [0.4, 0.5) is 0 Å². The van der Waals surface area contributed by atoms with Gasteiger partial charge in [0.25, 0.3) is 0 Å². The van der Waals surface area contributed by atoms with E-state index in [1.807, 2.05) is 0 Å². The molecule has 0 aliphatic heterocycles. The van der Waals surface area contributed by atoms with Gasteiger partial charge < -0.3 is 14.2 Å². The molecule has 0 aliphatic carbocycles. The average molecular weight is 859 g/mol. The van der Waals surface area contributed by atoms with Crippen molar-refractivity contribution in [1.82, 2.24) is 0 Å². The molecular weight excluding hydrogens is 769 g/mol. The van der Waals surface area contributed by atoms with Crippen molar-refractivity contribution in [1.29, 1.82) is 0 Å². The summed E-state index contributed by atoms with van der Waals surface area (Å²) < 4.78 is 18.8. The minimum atomic E-state index is 0.753. The molecule has 0 aromatic heterocycles. The van der Waals surface area contributed by atoms with Gasteiger partial charge in [-0.2, -0.15) is 0 Å². The van der Waals surface area contributed by atoms with Gasteiger partial charge >= 0.3 is 0 Å². The van der Waals surface area contributed by atoms with Crippen molar-refractivity contribution in [3.63, 3.8) is 0 Å². The maximum atomic E-state index is 6.44. The summed E-state index contributed by atoms with van der Waals surface area (Å²) in [5.74, 6) is 2.77. The zero-order chi connectivity index (χ0) is 44.3. The summed E-state index contributed by atoms with van der Waals surface area (Å²) in [4.78, 5) is 0. The molecule has 3 heteroatoms. The van der Waals surface area contributed by atoms with Crippen molar-refractivity contribution in [3.05, 3.63) is 102 Å². The van der Waals surface area contributed by atoms with Crippen LogP contribution < -0.4 is 14.2 Å². The number of hydrogen-bond acceptors (Lipinski definition) is 3. The second kappa shape index (κ2) is 34.7. The summed E-state index contributed by atoms with van der Waals surface area (Å²) in [7, 11) is 0. The quantitative estimate of drug-likeness (QED) is 0.0419. The monoisotopic (exact) mass is 859 g/mol. The van der Waals surface area contributed by atoms with Crippen LogP contribution in [0.5, 0.6) is 17.2 Å². The van der Waals surface area contributed by atoms with E-state index in [9.17, 15) is 0 Å². The number of unbranched alkanes of at least 4 members (excludes halogenated alkanes) is 24. The average Bonchev–Trinajstić information content (AvgIpc) is 3.32. The Morgan fingerprint density at radius 2 is 0.587 bits per heavy atom. The molecule has 0 aliphatic rings. The molecule has 0 heterocycles. The third-order valence-electron chi connectivity index (χ3n) is 12.8. The van der Waals surface area contributed by atoms with Crippen molar-refractivity contribution in [3.8, 4) is 39.5 Å². The normalized spacial score (nSPS) is 11.3. The third-order valence-corrected chi connectivity index (χ3v) is 12.8. The van der Waals surface area contributed by atoms with Crippen LogP contribution in [0, 0.1) is 0 Å². The van der Waals surface area contributed by atoms with Gasteiger partial charge in [-0.05, 0) is 103 Å². The molecule has 0 fully saturated rings. The zero-order valence-corrected chi connectivity index (χ0v) is 40.7. The van der Waals surface area contributed by atoms with Crippen LogP contribution in [0.1, 0.15) is 212 Å². The van der Waals surface area contributed by atoms with Crippen LogP contribution in [-0.2, 0) is 12.8 Å². The first-order valence-corrected chi connectivity index (χ1v) is 26.5. The van der Waals surface area contributed by atoms with E-state index in [-0.39, 0.29) is 0 Å². The zero-order valence-electron chi connectivity index (χ0n) is 40.7. The third kappa shape index (κ3) is 23.2. The highest BCUT2D eigenvalue weighted by atomic mass is 16.5. The lowest BCUT2D eigenvalue weighted by Gasteiger charge is -2.15. The smallest absolute Gasteiger partial charge is 0.161 e. The Morgan fingerprint density at radius 1 is 0.270 bits per heavy atom. The Morgan fingerprint density at radius 3 is 1.02 bits per heavy atom. The van der Waals surface area contributed by atoms with Crippen LogP contribution in [0.25, 0.3) is 22.3 Å². The molecule has 348 valence electrons. The maximum absolute atomic E-state index is 6.44. The predicted molar refractivity (Wildman–Crippen MR) is 274 cm³/mol. The highest BCUT2D eigenvalue weighted by Crippen LogP contribution is 2.34. The Labute approximate surface area is 387 Å². The highest BCUT2D eigenvalue weighted by molar-refractivity contribution is 5.67. The van der Waals surface area contributed by atoms with Gasteiger partial charge in [-0.25, -0.2) is 0 Å². The predicted octanol–water partition coefficient (Wildman–Crippen LogP) is 18.9. The van der Waals surface area contributed by atoms with E-state index in [0.29, 0.717) is 0 Å². The molecule has 0 unspecified atom stereocenters. The largest absolute Gasteiger partial charge is 0.494 e. The van der Waals surface area contributed by atoms with Gasteiger partial charge in [0.15, 0.2) is 11.5 Å². The van der Waals surface area contributed by atoms with E-state index in [1.165, 1.54) is 194 Å². The number of aryl methyl sites for hydroxylation is 2. The minimum Gasteiger partial charge on any atom is -0.494 e. The van der Waals surface area contributed by atoms with E-state index in [4.69, 9.17) is 14.2 Å². The van der Waals surface area contributed by atoms with Gasteiger partial charge in [-0.3, -0.25) is 0 Å². The fraction of sp³-hybridized carbons (Fsp3) is 0.600. The Balaban J connectivity index is 1.13. The van der Waals surface area contributed by atoms with Gasteiger partial charge in [0.2, 0.25) is 0 Å². The molecule has 63 heavy (non-hydrogen) atoms. The van der Waals surface area contributed by atoms with E-state index in [0.717, 1.165) is 69.2 Å². The summed E-state index contributed by atoms with van der Waals surface area (Å²) in [6.45, 7) is 9.18. The molecule has 0 N–H and O–H groups in total. The molecule has 3 nitrogen and oxygen atoms in total. The topological polar surface area (TPSA) is 27.7 Å². The standard InChI is InChI=1S/C60H90O3/c1-4-7-10-13-16-19-24-29-48-61-58-45-42-55(43-46-58)54-38-34-52(35-39-54)32-27-22-23-28-33-53-36-40-56(41-37-53)57-44-47-59(62-49-30-25-20-17-14-11-8-5-2)60(51-57)63-50-31-26-21-18-15-12-9-6-3/h34-47,51H,4-33,48-50H2,1-3H3. The van der Waals surface area contributed by atoms with Crippen molar-refractivity contribution in [2.75, 3.05) is 19.8 Å². The van der Waals surface area contributed by atoms with Gasteiger partial charge in [0.05, 0.1) is 19.8 Å². The molecule has 4 aromatic rings. The first kappa shape index (κ1) is 51.9. The van der Waals surface area contributed by atoms with E-state index in [2.05, 4.69) is 112 Å². The van der Waals surface area contributed by atoms with Crippen molar-refractivity contribution < 1.29 is 14.2 Å². The Kier molecular flexibility index (Phi) is 28.6. The highest BCUT2D eigenvalue weighted by Gasteiger charge is 2.10. The molecule has 0 amide bonds. The lowest BCUT2D eigenvalue weighted by atomic mass is 9.99. The van der Waals surface area contributed by atoms with E-state index >= 15 is 0 Å². The summed E-state index contributed by atoms with van der Waals surface area (Å²) in [6, 6.07) is 33.6. The minimum absolute atomic E-state index is 0.753. The summed E-state index contributed by atoms with van der Waals surface area (Å²) in [5, 5.41) is 0. The lowest BCUT2D eigenvalue weighted by molar-refractivity contribution is 0.258. The second-order valence-electron chi connectivity index (χ2n) is 18.5. The van der Waals surface area contributed by atoms with E-state index < -0.39 is 0 Å². The van der Waals surface area contributed by atoms with Gasteiger partial charge in [-0.1, -0.05) is 235 Å². The fourth-order valence-corrected chi connectivity index (χ4v) is 8.66. The van der Waals surface area contributed by atoms with Gasteiger partial charge in [0.1, 0.15) is 5.75 Å². The molecule has 0 bridgehead atoms. The second-order valence-corrected chi connectivity index (χ2v) is 18.5. The molecule has 0 saturated heterocycles. The van der Waals surface area contributed by atoms with Crippen molar-refractivity contribution >= 4 is 0 Å². The number of hydrogen-bond donors (Lipinski definition) is 0. The molecule has 0 spiro atoms. The lowest BCUT2D eigenvalue weighted by Crippen LogP contribution is -2.03. The van der Waals surface area contributed by atoms with E-state index in [1.54, 1.807) is 0 Å². The van der Waals surface area contributed by atoms with Crippen LogP contribution in [0.2, 0.25) is 0 Å². The number of benzene rings is 4. The van der Waals surface area contributed by atoms with Gasteiger partial charge in [-0.15, -0.1) is 0 Å². The fourth-order valence-electron chi connectivity index (χ4n) is 8.66. The van der Waals surface area contributed by atoms with Crippen LogP contribution in [0.3, 0.4) is 0 Å². The maximum Gasteiger partial charge on any atom is 0.161 e. The first-order chi connectivity index (χ1) is 31.2. The summed E-state index contributed by atoms with van der Waals surface area (Å²) in [6.07, 6.45) is 38.8. The number of ether oxygens (including phenoxy) is 3. The SMILES string of the molecule is CCCCCCCCCCOc1ccc(-c2ccc(CCCCCCc3ccc(-c4ccc(OCCCCCCCCCC)c(OCCCCCCCCCC)c4)cc3)cc2)cc1. The van der Waals surface area contributed by atoms with Crippen LogP contribution in [-0.4, -0.2) is 19.8 Å². The van der Waals surface area contributed by atoms with Gasteiger partial charge in [0, 0.05) is 0 Å². The summed E-state index contributed by atoms with van der Waals surface area (Å²) >= 11 is 0. The number of rotatable bonds is 39. The van der Waals surface area contributed by atoms with Crippen LogP contribution in [0.15, 0.2) is 91.0 Å². The summed E-state index contributed by atoms with van der Waals surface area (Å²) in [5.41, 5.74) is 7.83. The van der Waals surface area contributed by atoms with Crippen molar-refractivity contribution in [2.24, 2.45) is 0 Å². The molecular formula is C60H90O3. The molecule has 0 atom stereocenters. The first-order valence-electron chi connectivity index (χ1n) is 26.5.